The minimum Gasteiger partial charge on any atom is -0.496 e. The summed E-state index contributed by atoms with van der Waals surface area (Å²) in [6.07, 6.45) is 0. The lowest BCUT2D eigenvalue weighted by Crippen LogP contribution is -3.08. The number of rotatable bonds is 7. The molecule has 7 nitrogen and oxygen atoms in total. The fourth-order valence-corrected chi connectivity index (χ4v) is 3.22. The summed E-state index contributed by atoms with van der Waals surface area (Å²) in [4.78, 5) is 13.2. The van der Waals surface area contributed by atoms with Gasteiger partial charge in [-0.25, -0.2) is 13.6 Å². The van der Waals surface area contributed by atoms with Gasteiger partial charge in [-0.05, 0) is 37.3 Å². The van der Waals surface area contributed by atoms with Crippen LogP contribution in [0.25, 0.3) is 0 Å². The summed E-state index contributed by atoms with van der Waals surface area (Å²) >= 11 is 0. The normalized spacial score (nSPS) is 12.5. The van der Waals surface area contributed by atoms with E-state index in [-0.39, 0.29) is 17.3 Å². The molecule has 0 aliphatic heterocycles. The molecule has 0 fully saturated rings. The van der Waals surface area contributed by atoms with E-state index in [4.69, 9.17) is 9.88 Å². The highest BCUT2D eigenvalue weighted by atomic mass is 32.2. The lowest BCUT2D eigenvalue weighted by Gasteiger charge is -2.16. The van der Waals surface area contributed by atoms with Crippen LogP contribution < -0.4 is 20.1 Å². The molecule has 0 aliphatic rings. The summed E-state index contributed by atoms with van der Waals surface area (Å²) in [6.45, 7) is 2.84. The number of primary sulfonamides is 1. The second kappa shape index (κ2) is 8.31. The van der Waals surface area contributed by atoms with Gasteiger partial charge in [0.15, 0.2) is 6.54 Å². The van der Waals surface area contributed by atoms with E-state index >= 15 is 0 Å². The van der Waals surface area contributed by atoms with Crippen molar-refractivity contribution in [3.8, 4) is 5.75 Å². The molecule has 2 aromatic carbocycles. The molecule has 26 heavy (non-hydrogen) atoms. The van der Waals surface area contributed by atoms with E-state index < -0.39 is 10.0 Å². The van der Waals surface area contributed by atoms with Crippen LogP contribution in [-0.4, -0.2) is 35.0 Å². The van der Waals surface area contributed by atoms with Crippen molar-refractivity contribution in [3.05, 3.63) is 53.6 Å². The number of likely N-dealkylation sites (N-methyl/N-ethyl adjacent to an activating group) is 1. The van der Waals surface area contributed by atoms with Crippen LogP contribution in [-0.2, 0) is 21.4 Å². The van der Waals surface area contributed by atoms with Gasteiger partial charge in [-0.2, -0.15) is 0 Å². The van der Waals surface area contributed by atoms with Gasteiger partial charge in [-0.3, -0.25) is 4.79 Å². The maximum Gasteiger partial charge on any atom is 0.279 e. The fourth-order valence-electron chi connectivity index (χ4n) is 2.66. The van der Waals surface area contributed by atoms with Gasteiger partial charge in [0, 0.05) is 11.3 Å². The quantitative estimate of drug-likeness (QED) is 0.645. The number of nitrogens with two attached hydrogens (primary N) is 1. The summed E-state index contributed by atoms with van der Waals surface area (Å²) in [5.41, 5.74) is 2.54. The van der Waals surface area contributed by atoms with Crippen LogP contribution >= 0.6 is 0 Å². The molecular weight excluding hydrogens is 354 g/mol. The number of aryl methyl sites for hydroxylation is 1. The Morgan fingerprint density at radius 2 is 1.96 bits per heavy atom. The van der Waals surface area contributed by atoms with Crippen molar-refractivity contribution in [1.82, 2.24) is 0 Å². The molecule has 1 amide bonds. The van der Waals surface area contributed by atoms with Crippen LogP contribution in [0.15, 0.2) is 47.4 Å². The zero-order valence-electron chi connectivity index (χ0n) is 15.1. The Balaban J connectivity index is 2.01. The van der Waals surface area contributed by atoms with E-state index in [9.17, 15) is 13.2 Å². The molecular formula is C18H24N3O4S+. The van der Waals surface area contributed by atoms with Gasteiger partial charge in [-0.1, -0.05) is 17.7 Å². The Morgan fingerprint density at radius 3 is 2.62 bits per heavy atom. The third-order valence-electron chi connectivity index (χ3n) is 3.84. The first-order valence-electron chi connectivity index (χ1n) is 8.06. The summed E-state index contributed by atoms with van der Waals surface area (Å²) in [5, 5.41) is 7.81. The third-order valence-corrected chi connectivity index (χ3v) is 4.75. The molecule has 0 heterocycles. The first kappa shape index (κ1) is 19.9. The smallest absolute Gasteiger partial charge is 0.279 e. The van der Waals surface area contributed by atoms with Crippen LogP contribution in [0.1, 0.15) is 11.1 Å². The minimum absolute atomic E-state index is 0.0412. The number of sulfonamides is 1. The van der Waals surface area contributed by atoms with Gasteiger partial charge in [0.25, 0.3) is 5.91 Å². The number of ether oxygens (including phenoxy) is 1. The molecule has 0 aliphatic carbocycles. The Hall–Kier alpha value is -2.42. The van der Waals surface area contributed by atoms with E-state index in [1.807, 2.05) is 32.2 Å². The van der Waals surface area contributed by atoms with Crippen molar-refractivity contribution >= 4 is 21.6 Å². The molecule has 2 rings (SSSR count). The maximum atomic E-state index is 12.3. The topological polar surface area (TPSA) is 103 Å². The van der Waals surface area contributed by atoms with Crippen molar-refractivity contribution < 1.29 is 22.8 Å². The number of hydrogen-bond donors (Lipinski definition) is 3. The third kappa shape index (κ3) is 5.55. The van der Waals surface area contributed by atoms with Gasteiger partial charge in [0.1, 0.15) is 12.3 Å². The van der Waals surface area contributed by atoms with Crippen LogP contribution in [0.4, 0.5) is 5.69 Å². The Morgan fingerprint density at radius 1 is 1.23 bits per heavy atom. The van der Waals surface area contributed by atoms with E-state index in [1.54, 1.807) is 13.2 Å². The Bertz CT molecular complexity index is 897. The predicted octanol–water partition coefficient (Wildman–Crippen LogP) is 0.304. The molecule has 0 spiro atoms. The molecule has 2 aromatic rings. The van der Waals surface area contributed by atoms with Crippen LogP contribution in [0.3, 0.4) is 0 Å². The first-order chi connectivity index (χ1) is 12.2. The number of nitrogens with one attached hydrogen (secondary N) is 2. The lowest BCUT2D eigenvalue weighted by molar-refractivity contribution is -0.885. The highest BCUT2D eigenvalue weighted by molar-refractivity contribution is 7.89. The van der Waals surface area contributed by atoms with Gasteiger partial charge in [-0.15, -0.1) is 0 Å². The number of carbonyl (C=O) groups is 1. The van der Waals surface area contributed by atoms with Crippen molar-refractivity contribution in [3.63, 3.8) is 0 Å². The molecule has 0 saturated carbocycles. The van der Waals surface area contributed by atoms with E-state index in [2.05, 4.69) is 5.32 Å². The second-order valence-corrected chi connectivity index (χ2v) is 7.81. The van der Waals surface area contributed by atoms with Gasteiger partial charge in [0.2, 0.25) is 10.0 Å². The molecule has 0 radical (unpaired) electrons. The van der Waals surface area contributed by atoms with E-state index in [1.165, 1.54) is 18.2 Å². The lowest BCUT2D eigenvalue weighted by atomic mass is 10.1. The zero-order chi connectivity index (χ0) is 19.3. The fraction of sp³-hybridized carbons (Fsp3) is 0.278. The van der Waals surface area contributed by atoms with E-state index in [0.717, 1.165) is 21.8 Å². The zero-order valence-corrected chi connectivity index (χ0v) is 15.9. The highest BCUT2D eigenvalue weighted by Crippen LogP contribution is 2.18. The second-order valence-electron chi connectivity index (χ2n) is 6.25. The predicted molar refractivity (Wildman–Crippen MR) is 99.6 cm³/mol. The maximum absolute atomic E-state index is 12.3. The van der Waals surface area contributed by atoms with Crippen molar-refractivity contribution in [2.24, 2.45) is 5.14 Å². The monoisotopic (exact) mass is 378 g/mol. The van der Waals surface area contributed by atoms with Crippen molar-refractivity contribution in [2.45, 2.75) is 18.4 Å². The number of hydrogen-bond acceptors (Lipinski definition) is 4. The average Bonchev–Trinajstić information content (AvgIpc) is 2.54. The van der Waals surface area contributed by atoms with Gasteiger partial charge in [0.05, 0.1) is 19.1 Å². The summed E-state index contributed by atoms with van der Waals surface area (Å²) < 4.78 is 28.1. The standard InChI is InChI=1S/C18H23N3O4S/c1-13-7-8-17(25-3)14(9-13)11-21(2)12-18(22)20-15-5-4-6-16(10-15)26(19,23)24/h4-10H,11-12H2,1-3H3,(H,20,22)(H2,19,23,24)/p+1. The highest BCUT2D eigenvalue weighted by Gasteiger charge is 2.15. The van der Waals surface area contributed by atoms with Crippen LogP contribution in [0.2, 0.25) is 0 Å². The summed E-state index contributed by atoms with van der Waals surface area (Å²) in [7, 11) is -0.282. The van der Waals surface area contributed by atoms with E-state index in [0.29, 0.717) is 12.2 Å². The van der Waals surface area contributed by atoms with Crippen LogP contribution in [0, 0.1) is 6.92 Å². The molecule has 0 saturated heterocycles. The number of carbonyl (C=O) groups excluding carboxylic acids is 1. The van der Waals surface area contributed by atoms with Crippen molar-refractivity contribution in [2.75, 3.05) is 26.0 Å². The van der Waals surface area contributed by atoms with Crippen LogP contribution in [0.5, 0.6) is 5.75 Å². The largest absolute Gasteiger partial charge is 0.496 e. The van der Waals surface area contributed by atoms with Gasteiger partial charge < -0.3 is 15.0 Å². The molecule has 140 valence electrons. The number of quaternary nitrogens is 1. The molecule has 0 bridgehead atoms. The molecule has 1 unspecified atom stereocenters. The minimum atomic E-state index is -3.81. The molecule has 0 aromatic heterocycles. The molecule has 8 heteroatoms. The average molecular weight is 378 g/mol. The van der Waals surface area contributed by atoms with Crippen molar-refractivity contribution in [1.29, 1.82) is 0 Å². The number of anilines is 1. The number of methoxy groups -OCH3 is 1. The summed E-state index contributed by atoms with van der Waals surface area (Å²) in [5.74, 6) is 0.567. The molecule has 1 atom stereocenters. The Kier molecular flexibility index (Phi) is 6.36. The Labute approximate surface area is 153 Å². The number of benzene rings is 2. The SMILES string of the molecule is COc1ccc(C)cc1C[NH+](C)CC(=O)Nc1cccc(S(N)(=O)=O)c1. The summed E-state index contributed by atoms with van der Waals surface area (Å²) in [6, 6.07) is 11.8. The number of amides is 1. The van der Waals surface area contributed by atoms with Gasteiger partial charge >= 0.3 is 0 Å². The first-order valence-corrected chi connectivity index (χ1v) is 9.61. The molecule has 4 N–H and O–H groups in total.